The molecule has 0 aromatic heterocycles. The van der Waals surface area contributed by atoms with Gasteiger partial charge in [0, 0.05) is 55.9 Å². The van der Waals surface area contributed by atoms with E-state index in [4.69, 9.17) is 4.74 Å². The third kappa shape index (κ3) is 24.7. The van der Waals surface area contributed by atoms with Crippen LogP contribution >= 0.6 is 0 Å². The molecule has 0 spiro atoms. The van der Waals surface area contributed by atoms with E-state index in [2.05, 4.69) is 26.2 Å². The normalized spacial score (nSPS) is 26.1. The van der Waals surface area contributed by atoms with Crippen molar-refractivity contribution in [3.63, 3.8) is 0 Å². The van der Waals surface area contributed by atoms with Gasteiger partial charge >= 0.3 is 0 Å². The number of hydrogen-bond acceptors (Lipinski definition) is 14. The van der Waals surface area contributed by atoms with Gasteiger partial charge in [0.15, 0.2) is 0 Å². The van der Waals surface area contributed by atoms with Gasteiger partial charge in [0.25, 0.3) is 0 Å². The molecule has 1 saturated heterocycles. The molecule has 0 radical (unpaired) electrons. The predicted molar refractivity (Wildman–Crippen MR) is 361 cm³/mol. The maximum atomic E-state index is 15.2. The first-order valence-corrected chi connectivity index (χ1v) is 33.5. The Morgan fingerprint density at radius 1 is 0.505 bits per heavy atom. The second kappa shape index (κ2) is 40.0. The summed E-state index contributed by atoms with van der Waals surface area (Å²) in [7, 11) is 9.83. The summed E-state index contributed by atoms with van der Waals surface area (Å²) in [5.41, 5.74) is 0. The smallest absolute Gasteiger partial charge is 0.246 e. The predicted octanol–water partition coefficient (Wildman–Crippen LogP) is 3.53. The quantitative estimate of drug-likeness (QED) is 0.103. The van der Waals surface area contributed by atoms with Gasteiger partial charge in [0.1, 0.15) is 60.4 Å². The average Bonchev–Trinajstić information content (AvgIpc) is 0.835. The highest BCUT2D eigenvalue weighted by Gasteiger charge is 2.46. The van der Waals surface area contributed by atoms with Crippen LogP contribution in [0.3, 0.4) is 0 Å². The van der Waals surface area contributed by atoms with Crippen molar-refractivity contribution < 1.29 is 62.6 Å². The first-order valence-electron chi connectivity index (χ1n) is 33.5. The van der Waals surface area contributed by atoms with Crippen molar-refractivity contribution in [2.45, 2.75) is 229 Å². The highest BCUT2D eigenvalue weighted by Crippen LogP contribution is 2.26. The lowest BCUT2D eigenvalue weighted by Crippen LogP contribution is -2.63. The Labute approximate surface area is 557 Å². The summed E-state index contributed by atoms with van der Waals surface area (Å²) >= 11 is 0. The average molecular weight is 1320 g/mol. The minimum absolute atomic E-state index is 0.00559. The Morgan fingerprint density at radius 2 is 0.978 bits per heavy atom. The standard InChI is InChI=1S/C68H122N12O13/c1-26-30-33-45(15)58(82)57-62(86)71-49(27-2)64(88)73(19)39-53(81)77(23)56(48(18)93-35-32-31-34-80(28-3)29-4)61(85)72-54(43(11)12)67(91)74(20)50(36-40(5)6)60(84)69-46(16)59(83)70-47(17)63(87)75(21)51(37-41(7)8)65(89)76(22)52(38-42(9)10)66(90)78(24)55(44(13)14)68(92)79(57)25/h26,30-32,40-52,54-58,82H,27-29,33-39H2,1-25H3,(H,69,84)(H,70,83)(H,71,86)(H,72,85)/b30-26+,32-31+/t45-,46+,47-,48-,49+,50+,51+,52+,54+,55+,56+,57-,58-/m1/s1. The van der Waals surface area contributed by atoms with Gasteiger partial charge in [-0.05, 0) is 108 Å². The van der Waals surface area contributed by atoms with Crippen LogP contribution in [0.2, 0.25) is 0 Å². The maximum absolute atomic E-state index is 15.2. The summed E-state index contributed by atoms with van der Waals surface area (Å²) < 4.78 is 6.22. The number of likely N-dealkylation sites (N-methyl/N-ethyl adjacent to an activating group) is 8. The molecule has 11 amide bonds. The molecule has 1 fully saturated rings. The third-order valence-corrected chi connectivity index (χ3v) is 17.6. The number of rotatable bonds is 21. The topological polar surface area (TPSA) is 291 Å². The molecule has 25 heteroatoms. The van der Waals surface area contributed by atoms with Gasteiger partial charge in [-0.2, -0.15) is 0 Å². The molecule has 1 aliphatic rings. The van der Waals surface area contributed by atoms with Gasteiger partial charge in [-0.3, -0.25) is 52.7 Å². The summed E-state index contributed by atoms with van der Waals surface area (Å²) in [5.74, 6) is -10.1. The number of nitrogens with zero attached hydrogens (tertiary/aromatic N) is 8. The molecule has 5 N–H and O–H groups in total. The van der Waals surface area contributed by atoms with Gasteiger partial charge in [-0.1, -0.05) is 121 Å². The number of carbonyl (C=O) groups excluding carboxylic acids is 11. The van der Waals surface area contributed by atoms with Gasteiger partial charge in [-0.15, -0.1) is 0 Å². The Morgan fingerprint density at radius 3 is 1.46 bits per heavy atom. The minimum Gasteiger partial charge on any atom is -0.390 e. The van der Waals surface area contributed by atoms with Crippen molar-refractivity contribution >= 4 is 65.0 Å². The van der Waals surface area contributed by atoms with Crippen molar-refractivity contribution in [1.82, 2.24) is 60.5 Å². The maximum Gasteiger partial charge on any atom is 0.246 e. The molecule has 93 heavy (non-hydrogen) atoms. The zero-order valence-corrected chi connectivity index (χ0v) is 61.2. The number of hydrogen-bond donors (Lipinski definition) is 5. The van der Waals surface area contributed by atoms with E-state index < -0.39 is 162 Å². The molecule has 0 unspecified atom stereocenters. The first kappa shape index (κ1) is 84.5. The SMILES string of the molecule is C/C=C/C[C@@H](C)[C@@H](O)[C@@H]1C(=O)N[C@@H](CC)C(=O)N(C)CC(=O)N(C)[C@@H]([C@@H](C)OC/C=C/CN(CC)CC)C(=O)N[C@@H](C(C)C)C(=O)N(C)[C@@H](CC(C)C)C(=O)N[C@@H](C)C(=O)N[C@H](C)C(=O)N(C)[C@@H](CC(C)C)C(=O)N(C)[C@@H](CC(C)C)C(=O)N(C)[C@@H](C(C)C)C(=O)N1C. The largest absolute Gasteiger partial charge is 0.390 e. The number of allylic oxidation sites excluding steroid dienone is 2. The lowest BCUT2D eigenvalue weighted by atomic mass is 9.91. The fourth-order valence-corrected chi connectivity index (χ4v) is 11.5. The Hall–Kier alpha value is -6.47. The molecule has 532 valence electrons. The lowest BCUT2D eigenvalue weighted by molar-refractivity contribution is -0.157. The molecule has 13 atom stereocenters. The molecule has 0 saturated carbocycles. The van der Waals surface area contributed by atoms with Crippen molar-refractivity contribution in [1.29, 1.82) is 0 Å². The monoisotopic (exact) mass is 1310 g/mol. The zero-order chi connectivity index (χ0) is 71.8. The van der Waals surface area contributed by atoms with Gasteiger partial charge in [0.2, 0.25) is 65.0 Å². The highest BCUT2D eigenvalue weighted by atomic mass is 16.5. The van der Waals surface area contributed by atoms with Gasteiger partial charge in [0.05, 0.1) is 25.4 Å². The number of amides is 11. The second-order valence-corrected chi connectivity index (χ2v) is 27.4. The van der Waals surface area contributed by atoms with Crippen LogP contribution in [0.15, 0.2) is 24.3 Å². The first-order chi connectivity index (χ1) is 43.2. The zero-order valence-electron chi connectivity index (χ0n) is 61.2. The lowest BCUT2D eigenvalue weighted by Gasteiger charge is -2.41. The summed E-state index contributed by atoms with van der Waals surface area (Å²) in [6.07, 6.45) is 5.48. The molecule has 25 nitrogen and oxygen atoms in total. The number of carbonyl (C=O) groups is 11. The van der Waals surface area contributed by atoms with E-state index in [0.717, 1.165) is 27.8 Å². The molecular formula is C68H122N12O13. The Balaban J connectivity index is 4.40. The van der Waals surface area contributed by atoms with Crippen molar-refractivity contribution in [3.8, 4) is 0 Å². The van der Waals surface area contributed by atoms with Crippen LogP contribution in [-0.2, 0) is 57.5 Å². The number of aliphatic hydroxyl groups excluding tert-OH is 1. The second-order valence-electron chi connectivity index (χ2n) is 27.4. The van der Waals surface area contributed by atoms with E-state index in [1.807, 2.05) is 61.5 Å². The minimum atomic E-state index is -1.64. The van der Waals surface area contributed by atoms with Crippen LogP contribution in [0, 0.1) is 35.5 Å². The summed E-state index contributed by atoms with van der Waals surface area (Å²) in [6.45, 7) is 33.5. The third-order valence-electron chi connectivity index (χ3n) is 17.6. The van der Waals surface area contributed by atoms with Crippen LogP contribution < -0.4 is 21.3 Å². The fourth-order valence-electron chi connectivity index (χ4n) is 11.5. The van der Waals surface area contributed by atoms with E-state index in [1.165, 1.54) is 82.8 Å². The molecular weight excluding hydrogens is 1190 g/mol. The van der Waals surface area contributed by atoms with Crippen LogP contribution in [0.25, 0.3) is 0 Å². The van der Waals surface area contributed by atoms with Crippen molar-refractivity contribution in [2.24, 2.45) is 35.5 Å². The van der Waals surface area contributed by atoms with E-state index in [1.54, 1.807) is 73.6 Å². The Kier molecular flexibility index (Phi) is 36.4. The summed E-state index contributed by atoms with van der Waals surface area (Å²) in [4.78, 5) is 173. The number of ether oxygens (including phenoxy) is 1. The molecule has 0 bridgehead atoms. The van der Waals surface area contributed by atoms with Crippen molar-refractivity contribution in [3.05, 3.63) is 24.3 Å². The molecule has 1 heterocycles. The number of aliphatic hydroxyl groups is 1. The highest BCUT2D eigenvalue weighted by molar-refractivity contribution is 5.99. The van der Waals surface area contributed by atoms with Crippen LogP contribution in [0.5, 0.6) is 0 Å². The van der Waals surface area contributed by atoms with Gasteiger partial charge in [-0.25, -0.2) is 0 Å². The van der Waals surface area contributed by atoms with E-state index in [9.17, 15) is 43.5 Å². The van der Waals surface area contributed by atoms with Crippen LogP contribution in [0.1, 0.15) is 157 Å². The molecule has 0 aromatic rings. The molecule has 1 aliphatic heterocycles. The van der Waals surface area contributed by atoms with Crippen LogP contribution in [0.4, 0.5) is 0 Å². The summed E-state index contributed by atoms with van der Waals surface area (Å²) in [5, 5.41) is 23.2. The van der Waals surface area contributed by atoms with E-state index in [0.29, 0.717) is 13.0 Å². The molecule has 0 aromatic carbocycles. The van der Waals surface area contributed by atoms with Gasteiger partial charge < -0.3 is 70.3 Å². The Bertz CT molecular complexity index is 2540. The van der Waals surface area contributed by atoms with E-state index in [-0.39, 0.29) is 50.0 Å². The molecule has 0 aliphatic carbocycles. The van der Waals surface area contributed by atoms with Crippen LogP contribution in [-0.4, -0.2) is 264 Å². The summed E-state index contributed by atoms with van der Waals surface area (Å²) in [6, 6.07) is -12.9. The molecule has 1 rings (SSSR count). The van der Waals surface area contributed by atoms with Crippen molar-refractivity contribution in [2.75, 3.05) is 82.1 Å². The fraction of sp³-hybridized carbons (Fsp3) is 0.779. The van der Waals surface area contributed by atoms with E-state index >= 15 is 14.4 Å². The number of nitrogens with one attached hydrogen (secondary N) is 4.